The van der Waals surface area contributed by atoms with Crippen LogP contribution < -0.4 is 5.73 Å². The molecular weight excluding hydrogens is 172 g/mol. The van der Waals surface area contributed by atoms with Gasteiger partial charge in [-0.1, -0.05) is 0 Å². The Morgan fingerprint density at radius 1 is 1.75 bits per heavy atom. The van der Waals surface area contributed by atoms with E-state index in [0.29, 0.717) is 13.2 Å². The lowest BCUT2D eigenvalue weighted by Crippen LogP contribution is -2.15. The molecule has 0 aromatic carbocycles. The van der Waals surface area contributed by atoms with Crippen molar-refractivity contribution in [3.63, 3.8) is 0 Å². The van der Waals surface area contributed by atoms with Crippen molar-refractivity contribution < 1.29 is 4.74 Å². The Hall–Kier alpha value is -0.450. The van der Waals surface area contributed by atoms with Crippen molar-refractivity contribution in [2.45, 2.75) is 20.0 Å². The number of nitrogens with zero attached hydrogens (tertiary/aromatic N) is 1. The van der Waals surface area contributed by atoms with Crippen LogP contribution in [0.1, 0.15) is 23.6 Å². The summed E-state index contributed by atoms with van der Waals surface area (Å²) in [6.07, 6.45) is 0.0301. The van der Waals surface area contributed by atoms with Crippen LogP contribution in [0, 0.1) is 6.92 Å². The van der Waals surface area contributed by atoms with Crippen LogP contribution in [0.5, 0.6) is 0 Å². The smallest absolute Gasteiger partial charge is 0.106 e. The zero-order valence-corrected chi connectivity index (χ0v) is 8.23. The van der Waals surface area contributed by atoms with Gasteiger partial charge >= 0.3 is 0 Å². The summed E-state index contributed by atoms with van der Waals surface area (Å²) in [5, 5.41) is 0. The molecule has 2 N–H and O–H groups in total. The molecule has 4 heteroatoms. The highest BCUT2D eigenvalue weighted by Crippen LogP contribution is 2.23. The molecule has 0 fully saturated rings. The molecule has 1 aromatic heterocycles. The lowest BCUT2D eigenvalue weighted by Gasteiger charge is -2.12. The van der Waals surface area contributed by atoms with Gasteiger partial charge in [-0.2, -0.15) is 0 Å². The molecule has 0 saturated heterocycles. The van der Waals surface area contributed by atoms with Crippen LogP contribution in [0.3, 0.4) is 0 Å². The van der Waals surface area contributed by atoms with Crippen molar-refractivity contribution in [2.24, 2.45) is 5.73 Å². The summed E-state index contributed by atoms with van der Waals surface area (Å²) in [5.41, 5.74) is 8.43. The predicted molar refractivity (Wildman–Crippen MR) is 50.3 cm³/mol. The maximum atomic E-state index is 5.57. The second-order valence-electron chi connectivity index (χ2n) is 2.48. The van der Waals surface area contributed by atoms with Crippen LogP contribution >= 0.6 is 11.3 Å². The first-order valence-electron chi connectivity index (χ1n) is 4.01. The van der Waals surface area contributed by atoms with Gasteiger partial charge in [-0.15, -0.1) is 11.3 Å². The minimum Gasteiger partial charge on any atom is -0.372 e. The summed E-state index contributed by atoms with van der Waals surface area (Å²) >= 11 is 1.61. The third-order valence-corrected chi connectivity index (χ3v) is 2.68. The minimum atomic E-state index is 0.0301. The molecule has 1 aromatic rings. The number of aryl methyl sites for hydroxylation is 1. The van der Waals surface area contributed by atoms with E-state index in [-0.39, 0.29) is 6.10 Å². The Morgan fingerprint density at radius 3 is 2.92 bits per heavy atom. The molecule has 68 valence electrons. The fraction of sp³-hybridized carbons (Fsp3) is 0.625. The first kappa shape index (κ1) is 9.64. The van der Waals surface area contributed by atoms with Gasteiger partial charge < -0.3 is 10.5 Å². The van der Waals surface area contributed by atoms with E-state index in [9.17, 15) is 0 Å². The van der Waals surface area contributed by atoms with Gasteiger partial charge in [0.05, 0.1) is 16.1 Å². The summed E-state index contributed by atoms with van der Waals surface area (Å²) in [6.45, 7) is 5.17. The molecule has 0 spiro atoms. The lowest BCUT2D eigenvalue weighted by molar-refractivity contribution is 0.0708. The standard InChI is InChI=1S/C8H14N2OS/c1-3-11-7(4-9)8-6(2)10-5-12-8/h5,7H,3-4,9H2,1-2H3. The minimum absolute atomic E-state index is 0.0301. The highest BCUT2D eigenvalue weighted by molar-refractivity contribution is 7.09. The van der Waals surface area contributed by atoms with Gasteiger partial charge in [0.1, 0.15) is 6.10 Å². The summed E-state index contributed by atoms with van der Waals surface area (Å²) in [7, 11) is 0. The molecule has 0 aliphatic heterocycles. The highest BCUT2D eigenvalue weighted by atomic mass is 32.1. The Balaban J connectivity index is 2.72. The van der Waals surface area contributed by atoms with Crippen LogP contribution in [0.4, 0.5) is 0 Å². The van der Waals surface area contributed by atoms with Crippen molar-refractivity contribution in [2.75, 3.05) is 13.2 Å². The van der Waals surface area contributed by atoms with Crippen LogP contribution in [0.25, 0.3) is 0 Å². The fourth-order valence-electron chi connectivity index (χ4n) is 1.07. The molecule has 1 unspecified atom stereocenters. The zero-order valence-electron chi connectivity index (χ0n) is 7.41. The first-order valence-corrected chi connectivity index (χ1v) is 4.89. The number of aromatic nitrogens is 1. The topological polar surface area (TPSA) is 48.1 Å². The van der Waals surface area contributed by atoms with Crippen molar-refractivity contribution >= 4 is 11.3 Å². The summed E-state index contributed by atoms with van der Waals surface area (Å²) in [5.74, 6) is 0. The third kappa shape index (κ3) is 2.03. The van der Waals surface area contributed by atoms with Crippen LogP contribution in [-0.4, -0.2) is 18.1 Å². The zero-order chi connectivity index (χ0) is 8.97. The van der Waals surface area contributed by atoms with E-state index in [1.165, 1.54) is 0 Å². The number of hydrogen-bond donors (Lipinski definition) is 1. The van der Waals surface area contributed by atoms with Crippen LogP contribution in [0.2, 0.25) is 0 Å². The van der Waals surface area contributed by atoms with E-state index in [2.05, 4.69) is 4.98 Å². The monoisotopic (exact) mass is 186 g/mol. The second-order valence-corrected chi connectivity index (χ2v) is 3.37. The number of nitrogens with two attached hydrogens (primary N) is 1. The van der Waals surface area contributed by atoms with Gasteiger partial charge in [0, 0.05) is 13.2 Å². The summed E-state index contributed by atoms with van der Waals surface area (Å²) < 4.78 is 5.46. The first-order chi connectivity index (χ1) is 5.79. The van der Waals surface area contributed by atoms with Gasteiger partial charge in [0.15, 0.2) is 0 Å². The van der Waals surface area contributed by atoms with Crippen LogP contribution in [-0.2, 0) is 4.74 Å². The molecule has 0 radical (unpaired) electrons. The Bertz CT molecular complexity index is 237. The molecule has 0 aliphatic carbocycles. The van der Waals surface area contributed by atoms with E-state index in [4.69, 9.17) is 10.5 Å². The van der Waals surface area contributed by atoms with Crippen molar-refractivity contribution in [1.29, 1.82) is 0 Å². The maximum absolute atomic E-state index is 5.57. The second kappa shape index (κ2) is 4.54. The average molecular weight is 186 g/mol. The van der Waals surface area contributed by atoms with Gasteiger partial charge in [-0.05, 0) is 13.8 Å². The van der Waals surface area contributed by atoms with Gasteiger partial charge in [-0.3, -0.25) is 0 Å². The van der Waals surface area contributed by atoms with E-state index >= 15 is 0 Å². The third-order valence-electron chi connectivity index (χ3n) is 1.66. The van der Waals surface area contributed by atoms with Crippen LogP contribution in [0.15, 0.2) is 5.51 Å². The normalized spacial score (nSPS) is 13.2. The predicted octanol–water partition coefficient (Wildman–Crippen LogP) is 1.49. The molecule has 0 aliphatic rings. The highest BCUT2D eigenvalue weighted by Gasteiger charge is 2.13. The molecule has 0 amide bonds. The van der Waals surface area contributed by atoms with Gasteiger partial charge in [0.2, 0.25) is 0 Å². The number of ether oxygens (including phenoxy) is 1. The Kier molecular flexibility index (Phi) is 3.65. The number of rotatable bonds is 4. The Labute approximate surface area is 76.6 Å². The largest absolute Gasteiger partial charge is 0.372 e. The molecule has 1 atom stereocenters. The molecule has 0 bridgehead atoms. The molecule has 0 saturated carbocycles. The number of hydrogen-bond acceptors (Lipinski definition) is 4. The van der Waals surface area contributed by atoms with Crippen molar-refractivity contribution in [3.8, 4) is 0 Å². The summed E-state index contributed by atoms with van der Waals surface area (Å²) in [4.78, 5) is 5.30. The van der Waals surface area contributed by atoms with Crippen molar-refractivity contribution in [1.82, 2.24) is 4.98 Å². The van der Waals surface area contributed by atoms with E-state index in [0.717, 1.165) is 10.6 Å². The summed E-state index contributed by atoms with van der Waals surface area (Å²) in [6, 6.07) is 0. The maximum Gasteiger partial charge on any atom is 0.106 e. The van der Waals surface area contributed by atoms with Gasteiger partial charge in [0.25, 0.3) is 0 Å². The van der Waals surface area contributed by atoms with E-state index in [1.807, 2.05) is 19.4 Å². The number of thiazole rings is 1. The van der Waals surface area contributed by atoms with Gasteiger partial charge in [-0.25, -0.2) is 4.98 Å². The van der Waals surface area contributed by atoms with Crippen molar-refractivity contribution in [3.05, 3.63) is 16.1 Å². The Morgan fingerprint density at radius 2 is 2.50 bits per heavy atom. The SMILES string of the molecule is CCOC(CN)c1scnc1C. The fourth-order valence-corrected chi connectivity index (χ4v) is 1.94. The molecular formula is C8H14N2OS. The molecule has 3 nitrogen and oxygen atoms in total. The molecule has 1 heterocycles. The molecule has 12 heavy (non-hydrogen) atoms. The molecule has 1 rings (SSSR count). The van der Waals surface area contributed by atoms with E-state index < -0.39 is 0 Å². The van der Waals surface area contributed by atoms with E-state index in [1.54, 1.807) is 11.3 Å². The quantitative estimate of drug-likeness (QED) is 0.775. The average Bonchev–Trinajstić information content (AvgIpc) is 2.47. The lowest BCUT2D eigenvalue weighted by atomic mass is 10.2.